The minimum Gasteiger partial charge on any atom is -0.484 e. The van der Waals surface area contributed by atoms with Gasteiger partial charge in [0.15, 0.2) is 6.61 Å². The largest absolute Gasteiger partial charge is 0.484 e. The highest BCUT2D eigenvalue weighted by Gasteiger charge is 2.32. The van der Waals surface area contributed by atoms with Gasteiger partial charge in [-0.1, -0.05) is 25.9 Å². The van der Waals surface area contributed by atoms with Crippen LogP contribution in [0.25, 0.3) is 22.5 Å². The average Bonchev–Trinajstić information content (AvgIpc) is 3.16. The molecule has 1 aliphatic carbocycles. The highest BCUT2D eigenvalue weighted by Crippen LogP contribution is 2.36. The molecular formula is C22H25F3N4O4. The molecule has 0 aliphatic heterocycles. The Labute approximate surface area is 188 Å². The second kappa shape index (κ2) is 8.45. The van der Waals surface area contributed by atoms with Crippen LogP contribution in [0, 0.1) is 6.92 Å². The monoisotopic (exact) mass is 466 g/mol. The van der Waals surface area contributed by atoms with E-state index in [0.29, 0.717) is 29.4 Å². The molecule has 0 amide bonds. The number of anilines is 1. The maximum atomic E-state index is 12.7. The molecule has 0 radical (unpaired) electrons. The molecule has 1 aliphatic rings. The molecule has 0 saturated heterocycles. The summed E-state index contributed by atoms with van der Waals surface area (Å²) >= 11 is 0. The first-order valence-electron chi connectivity index (χ1n) is 10.5. The van der Waals surface area contributed by atoms with E-state index >= 15 is 0 Å². The number of nitrogens with one attached hydrogen (secondary N) is 1. The molecule has 0 atom stereocenters. The van der Waals surface area contributed by atoms with Crippen LogP contribution >= 0.6 is 0 Å². The van der Waals surface area contributed by atoms with Gasteiger partial charge >= 0.3 is 12.2 Å². The molecule has 2 heterocycles. The molecular weight excluding hydrogens is 441 g/mol. The second-order valence-corrected chi connectivity index (χ2v) is 9.30. The van der Waals surface area contributed by atoms with Gasteiger partial charge in [-0.15, -0.1) is 5.10 Å². The number of hydrogen-bond donors (Lipinski definition) is 2. The zero-order chi connectivity index (χ0) is 24.0. The summed E-state index contributed by atoms with van der Waals surface area (Å²) in [5, 5.41) is 20.5. The number of aromatic nitrogens is 3. The van der Waals surface area contributed by atoms with Gasteiger partial charge in [-0.2, -0.15) is 13.2 Å². The lowest BCUT2D eigenvalue weighted by atomic mass is 9.84. The third-order valence-corrected chi connectivity index (χ3v) is 5.52. The summed E-state index contributed by atoms with van der Waals surface area (Å²) in [5.74, 6) is 0.353. The second-order valence-electron chi connectivity index (χ2n) is 9.30. The summed E-state index contributed by atoms with van der Waals surface area (Å²) < 4.78 is 48.8. The van der Waals surface area contributed by atoms with E-state index in [1.165, 1.54) is 0 Å². The van der Waals surface area contributed by atoms with Gasteiger partial charge in [0.1, 0.15) is 11.4 Å². The molecule has 33 heavy (non-hydrogen) atoms. The van der Waals surface area contributed by atoms with Gasteiger partial charge in [0, 0.05) is 11.4 Å². The van der Waals surface area contributed by atoms with E-state index in [2.05, 4.69) is 20.4 Å². The first-order valence-corrected chi connectivity index (χ1v) is 10.5. The molecule has 1 saturated carbocycles. The predicted octanol–water partition coefficient (Wildman–Crippen LogP) is 5.26. The van der Waals surface area contributed by atoms with Crippen LogP contribution < -0.4 is 10.1 Å². The number of alkyl halides is 3. The van der Waals surface area contributed by atoms with Gasteiger partial charge in [-0.3, -0.25) is 5.26 Å². The van der Waals surface area contributed by atoms with Gasteiger partial charge in [0.05, 0.1) is 11.6 Å². The summed E-state index contributed by atoms with van der Waals surface area (Å²) in [6, 6.07) is 5.21. The first kappa shape index (κ1) is 23.2. The molecule has 3 aromatic rings. The minimum absolute atomic E-state index is 0.0596. The molecule has 0 spiro atoms. The summed E-state index contributed by atoms with van der Waals surface area (Å²) in [5.41, 5.74) is 2.20. The Morgan fingerprint density at radius 2 is 1.88 bits per heavy atom. The third-order valence-electron chi connectivity index (χ3n) is 5.52. The van der Waals surface area contributed by atoms with Crippen molar-refractivity contribution in [2.45, 2.75) is 64.3 Å². The zero-order valence-corrected chi connectivity index (χ0v) is 18.7. The molecule has 178 valence electrons. The Morgan fingerprint density at radius 3 is 2.52 bits per heavy atom. The fourth-order valence-electron chi connectivity index (χ4n) is 3.72. The standard InChI is InChI=1S/C22H25F3N4O4/c1-11-5-17(19-28-29-20(32-19)26-12-6-14(7-12)33-30)27-18-15(11)8-13(31-10-22(23,24)25)9-16(18)21(2,3)4/h5,8-9,12,14,30H,6-7,10H2,1-4H3,(H,26,29). The van der Waals surface area contributed by atoms with Crippen molar-refractivity contribution in [2.75, 3.05) is 11.9 Å². The van der Waals surface area contributed by atoms with E-state index in [9.17, 15) is 13.2 Å². The van der Waals surface area contributed by atoms with Crippen molar-refractivity contribution in [1.29, 1.82) is 0 Å². The number of hydrogen-bond acceptors (Lipinski definition) is 8. The summed E-state index contributed by atoms with van der Waals surface area (Å²) in [6.45, 7) is 6.34. The molecule has 11 heteroatoms. The number of fused-ring (bicyclic) bond motifs is 1. The smallest absolute Gasteiger partial charge is 0.422 e. The van der Waals surface area contributed by atoms with Crippen molar-refractivity contribution in [3.63, 3.8) is 0 Å². The van der Waals surface area contributed by atoms with Gasteiger partial charge in [0.25, 0.3) is 5.89 Å². The van der Waals surface area contributed by atoms with Gasteiger partial charge in [0.2, 0.25) is 0 Å². The van der Waals surface area contributed by atoms with Gasteiger partial charge in [-0.25, -0.2) is 9.87 Å². The lowest BCUT2D eigenvalue weighted by Crippen LogP contribution is -2.40. The fraction of sp³-hybridized carbons (Fsp3) is 0.500. The van der Waals surface area contributed by atoms with Crippen molar-refractivity contribution < 1.29 is 32.5 Å². The Bertz CT molecular complexity index is 1150. The van der Waals surface area contributed by atoms with Crippen LogP contribution in [0.3, 0.4) is 0 Å². The van der Waals surface area contributed by atoms with Crippen LogP contribution in [0.15, 0.2) is 22.6 Å². The van der Waals surface area contributed by atoms with E-state index in [1.54, 1.807) is 18.2 Å². The van der Waals surface area contributed by atoms with Crippen molar-refractivity contribution >= 4 is 16.9 Å². The molecule has 2 aromatic heterocycles. The number of halogens is 3. The van der Waals surface area contributed by atoms with E-state index in [4.69, 9.17) is 19.4 Å². The van der Waals surface area contributed by atoms with Crippen LogP contribution in [0.4, 0.5) is 19.2 Å². The Hall–Kier alpha value is -2.92. The maximum Gasteiger partial charge on any atom is 0.422 e. The highest BCUT2D eigenvalue weighted by atomic mass is 19.4. The molecule has 8 nitrogen and oxygen atoms in total. The summed E-state index contributed by atoms with van der Waals surface area (Å²) in [6.07, 6.45) is -3.39. The van der Waals surface area contributed by atoms with E-state index in [0.717, 1.165) is 11.1 Å². The van der Waals surface area contributed by atoms with Gasteiger partial charge < -0.3 is 14.5 Å². The summed E-state index contributed by atoms with van der Waals surface area (Å²) in [4.78, 5) is 9.00. The quantitative estimate of drug-likeness (QED) is 0.374. The highest BCUT2D eigenvalue weighted by molar-refractivity contribution is 5.89. The van der Waals surface area contributed by atoms with E-state index in [-0.39, 0.29) is 29.8 Å². The number of rotatable bonds is 6. The Balaban J connectivity index is 1.67. The summed E-state index contributed by atoms with van der Waals surface area (Å²) in [7, 11) is 0. The van der Waals surface area contributed by atoms with Crippen LogP contribution in [0.2, 0.25) is 0 Å². The minimum atomic E-state index is -4.43. The van der Waals surface area contributed by atoms with Crippen molar-refractivity contribution in [2.24, 2.45) is 0 Å². The Kier molecular flexibility index (Phi) is 5.95. The van der Waals surface area contributed by atoms with Crippen LogP contribution in [0.5, 0.6) is 5.75 Å². The SMILES string of the molecule is Cc1cc(-c2nnc(NC3CC(OO)C3)o2)nc2c(C(C)(C)C)cc(OCC(F)(F)F)cc12. The third kappa shape index (κ3) is 5.19. The molecule has 1 fully saturated rings. The first-order chi connectivity index (χ1) is 15.4. The molecule has 0 unspecified atom stereocenters. The van der Waals surface area contributed by atoms with Crippen molar-refractivity contribution in [1.82, 2.24) is 15.2 Å². The number of aryl methyl sites for hydroxylation is 1. The number of benzene rings is 1. The van der Waals surface area contributed by atoms with Crippen LogP contribution in [-0.2, 0) is 10.3 Å². The maximum absolute atomic E-state index is 12.7. The van der Waals surface area contributed by atoms with E-state index < -0.39 is 18.2 Å². The molecule has 1 aromatic carbocycles. The molecule has 2 N–H and O–H groups in total. The van der Waals surface area contributed by atoms with Crippen molar-refractivity contribution in [3.8, 4) is 17.3 Å². The lowest BCUT2D eigenvalue weighted by Gasteiger charge is -2.32. The number of nitrogens with zero attached hydrogens (tertiary/aromatic N) is 3. The molecule has 0 bridgehead atoms. The van der Waals surface area contributed by atoms with Crippen LogP contribution in [0.1, 0.15) is 44.7 Å². The normalized spacial score (nSPS) is 18.9. The molecule has 4 rings (SSSR count). The van der Waals surface area contributed by atoms with E-state index in [1.807, 2.05) is 27.7 Å². The number of pyridine rings is 1. The van der Waals surface area contributed by atoms with Gasteiger partial charge in [-0.05, 0) is 54.5 Å². The Morgan fingerprint density at radius 1 is 1.15 bits per heavy atom. The van der Waals surface area contributed by atoms with Crippen LogP contribution in [-0.4, -0.2) is 45.4 Å². The number of ether oxygens (including phenoxy) is 1. The average molecular weight is 466 g/mol. The topological polar surface area (TPSA) is 103 Å². The van der Waals surface area contributed by atoms with Crippen molar-refractivity contribution in [3.05, 3.63) is 29.3 Å². The predicted molar refractivity (Wildman–Crippen MR) is 114 cm³/mol. The fourth-order valence-corrected chi connectivity index (χ4v) is 3.72. The lowest BCUT2D eigenvalue weighted by molar-refractivity contribution is -0.295. The zero-order valence-electron chi connectivity index (χ0n) is 18.7.